The lowest BCUT2D eigenvalue weighted by Gasteiger charge is -2.43. The first-order valence-corrected chi connectivity index (χ1v) is 5.94. The van der Waals surface area contributed by atoms with Crippen molar-refractivity contribution in [2.24, 2.45) is 5.41 Å². The van der Waals surface area contributed by atoms with Crippen molar-refractivity contribution in [3.8, 4) is 0 Å². The number of halogens is 5. The maximum Gasteiger partial charge on any atom is 0.426 e. The molecule has 1 unspecified atom stereocenters. The maximum absolute atomic E-state index is 12.8. The Hall–Kier alpha value is -0.920. The number of ether oxygens (including phenoxy) is 1. The second-order valence-electron chi connectivity index (χ2n) is 5.70. The Kier molecular flexibility index (Phi) is 5.21. The summed E-state index contributed by atoms with van der Waals surface area (Å²) >= 11 is 0. The van der Waals surface area contributed by atoms with E-state index in [-0.39, 0.29) is 6.42 Å². The molecule has 0 aromatic carbocycles. The molecular formula is C12H19F5O3. The Morgan fingerprint density at radius 2 is 1.55 bits per heavy atom. The number of hydrogen-bond donors (Lipinski definition) is 1. The van der Waals surface area contributed by atoms with Crippen LogP contribution in [0.4, 0.5) is 22.0 Å². The van der Waals surface area contributed by atoms with Crippen molar-refractivity contribution in [2.45, 2.75) is 64.8 Å². The molecule has 8 heteroatoms. The normalized spacial score (nSPS) is 17.0. The highest BCUT2D eigenvalue weighted by Gasteiger charge is 2.70. The van der Waals surface area contributed by atoms with Crippen molar-refractivity contribution < 1.29 is 36.6 Å². The molecule has 0 aliphatic carbocycles. The number of hydrogen-bond acceptors (Lipinski definition) is 3. The Balaban J connectivity index is 5.55. The third-order valence-corrected chi connectivity index (χ3v) is 3.45. The Morgan fingerprint density at radius 3 is 1.80 bits per heavy atom. The smallest absolute Gasteiger partial charge is 0.426 e. The second-order valence-corrected chi connectivity index (χ2v) is 5.70. The van der Waals surface area contributed by atoms with Crippen molar-refractivity contribution in [1.29, 1.82) is 0 Å². The van der Waals surface area contributed by atoms with Gasteiger partial charge in [-0.25, -0.2) is 8.78 Å². The molecule has 3 nitrogen and oxygen atoms in total. The zero-order valence-electron chi connectivity index (χ0n) is 11.9. The number of carbonyl (C=O) groups is 1. The van der Waals surface area contributed by atoms with Gasteiger partial charge in [0.1, 0.15) is 5.60 Å². The van der Waals surface area contributed by atoms with E-state index in [1.807, 2.05) is 0 Å². The summed E-state index contributed by atoms with van der Waals surface area (Å²) in [5, 5.41) is 9.39. The number of carbonyl (C=O) groups excluding carboxylic acids is 1. The Morgan fingerprint density at radius 1 is 1.15 bits per heavy atom. The molecule has 1 atom stereocenters. The fourth-order valence-corrected chi connectivity index (χ4v) is 1.32. The van der Waals surface area contributed by atoms with Gasteiger partial charge in [0.05, 0.1) is 5.41 Å². The molecule has 120 valence electrons. The first-order valence-electron chi connectivity index (χ1n) is 5.94. The molecule has 0 aliphatic heterocycles. The summed E-state index contributed by atoms with van der Waals surface area (Å²) in [7, 11) is 0. The molecule has 1 N–H and O–H groups in total. The van der Waals surface area contributed by atoms with Crippen molar-refractivity contribution >= 4 is 5.97 Å². The van der Waals surface area contributed by atoms with Crippen LogP contribution in [0.3, 0.4) is 0 Å². The summed E-state index contributed by atoms with van der Waals surface area (Å²) in [6, 6.07) is 0. The molecular weight excluding hydrogens is 287 g/mol. The minimum Gasteiger partial charge on any atom is -0.456 e. The predicted octanol–water partition coefficient (Wildman–Crippen LogP) is 3.30. The zero-order chi connectivity index (χ0) is 16.6. The van der Waals surface area contributed by atoms with Gasteiger partial charge in [-0.05, 0) is 34.1 Å². The Bertz CT molecular complexity index is 363. The zero-order valence-corrected chi connectivity index (χ0v) is 11.9. The summed E-state index contributed by atoms with van der Waals surface area (Å²) in [5.41, 5.74) is -8.42. The molecule has 0 radical (unpaired) electrons. The largest absolute Gasteiger partial charge is 0.456 e. The van der Waals surface area contributed by atoms with Gasteiger partial charge in [-0.1, -0.05) is 6.92 Å². The molecule has 0 amide bonds. The minimum atomic E-state index is -5.65. The van der Waals surface area contributed by atoms with Crippen LogP contribution in [0, 0.1) is 5.41 Å². The van der Waals surface area contributed by atoms with Crippen LogP contribution in [0.25, 0.3) is 0 Å². The minimum absolute atomic E-state index is 0.237. The van der Waals surface area contributed by atoms with Crippen molar-refractivity contribution in [2.75, 3.05) is 0 Å². The van der Waals surface area contributed by atoms with Gasteiger partial charge in [-0.3, -0.25) is 4.79 Å². The molecule has 0 heterocycles. The van der Waals surface area contributed by atoms with Crippen LogP contribution >= 0.6 is 0 Å². The van der Waals surface area contributed by atoms with Gasteiger partial charge in [-0.15, -0.1) is 0 Å². The van der Waals surface area contributed by atoms with Crippen molar-refractivity contribution in [3.63, 3.8) is 0 Å². The quantitative estimate of drug-likeness (QED) is 0.626. The second kappa shape index (κ2) is 5.46. The van der Waals surface area contributed by atoms with E-state index in [0.29, 0.717) is 13.8 Å². The highest BCUT2D eigenvalue weighted by atomic mass is 19.4. The fourth-order valence-electron chi connectivity index (χ4n) is 1.32. The van der Waals surface area contributed by atoms with Crippen LogP contribution in [-0.4, -0.2) is 34.9 Å². The van der Waals surface area contributed by atoms with Gasteiger partial charge in [0, 0.05) is 0 Å². The number of alkyl halides is 5. The molecule has 0 fully saturated rings. The van der Waals surface area contributed by atoms with Gasteiger partial charge in [0.2, 0.25) is 0 Å². The van der Waals surface area contributed by atoms with Crippen LogP contribution in [0.15, 0.2) is 0 Å². The topological polar surface area (TPSA) is 46.5 Å². The summed E-state index contributed by atoms with van der Waals surface area (Å²) < 4.78 is 68.3. The fraction of sp³-hybridized carbons (Fsp3) is 0.917. The first kappa shape index (κ1) is 19.1. The van der Waals surface area contributed by atoms with E-state index in [9.17, 15) is 31.9 Å². The highest BCUT2D eigenvalue weighted by molar-refractivity contribution is 5.76. The Labute approximate surface area is 114 Å². The molecule has 20 heavy (non-hydrogen) atoms. The van der Waals surface area contributed by atoms with Crippen molar-refractivity contribution in [3.05, 3.63) is 0 Å². The maximum atomic E-state index is 12.8. The lowest BCUT2D eigenvalue weighted by atomic mass is 9.84. The standard InChI is InChI=1S/C12H19F5O3/c1-6-9(2,3)8(18)20-10(4,5)11(19,7(13)14)12(15,16)17/h7,19H,6H2,1-5H3. The lowest BCUT2D eigenvalue weighted by molar-refractivity contribution is -0.348. The molecule has 0 saturated heterocycles. The third-order valence-electron chi connectivity index (χ3n) is 3.45. The van der Waals surface area contributed by atoms with Crippen LogP contribution in [-0.2, 0) is 9.53 Å². The SMILES string of the molecule is CCC(C)(C)C(=O)OC(C)(C)C(O)(C(F)F)C(F)(F)F. The molecule has 0 rings (SSSR count). The van der Waals surface area contributed by atoms with Gasteiger partial charge < -0.3 is 9.84 Å². The van der Waals surface area contributed by atoms with Gasteiger partial charge in [0.25, 0.3) is 12.0 Å². The van der Waals surface area contributed by atoms with Crippen LogP contribution in [0.5, 0.6) is 0 Å². The summed E-state index contributed by atoms with van der Waals surface area (Å²) in [6.45, 7) is 5.62. The van der Waals surface area contributed by atoms with Crippen molar-refractivity contribution in [1.82, 2.24) is 0 Å². The molecule has 0 spiro atoms. The first-order chi connectivity index (χ1) is 8.63. The van der Waals surface area contributed by atoms with E-state index in [1.54, 1.807) is 6.92 Å². The van der Waals surface area contributed by atoms with Gasteiger partial charge >= 0.3 is 12.1 Å². The monoisotopic (exact) mass is 306 g/mol. The summed E-state index contributed by atoms with van der Waals surface area (Å²) in [5.74, 6) is -1.09. The molecule has 0 bridgehead atoms. The van der Waals surface area contributed by atoms with E-state index in [0.717, 1.165) is 0 Å². The average Bonchev–Trinajstić information content (AvgIpc) is 2.24. The van der Waals surface area contributed by atoms with Crippen LogP contribution < -0.4 is 0 Å². The molecule has 0 aromatic heterocycles. The van der Waals surface area contributed by atoms with E-state index >= 15 is 0 Å². The number of aliphatic hydroxyl groups is 1. The van der Waals surface area contributed by atoms with Gasteiger partial charge in [-0.2, -0.15) is 13.2 Å². The predicted molar refractivity (Wildman–Crippen MR) is 61.3 cm³/mol. The van der Waals surface area contributed by atoms with E-state index in [4.69, 9.17) is 0 Å². The third kappa shape index (κ3) is 3.21. The molecule has 0 aliphatic rings. The number of rotatable bonds is 5. The summed E-state index contributed by atoms with van der Waals surface area (Å²) in [6.07, 6.45) is -9.57. The molecule has 0 aromatic rings. The van der Waals surface area contributed by atoms with Crippen LogP contribution in [0.2, 0.25) is 0 Å². The highest BCUT2D eigenvalue weighted by Crippen LogP contribution is 2.45. The lowest BCUT2D eigenvalue weighted by Crippen LogP contribution is -2.66. The van der Waals surface area contributed by atoms with E-state index < -0.39 is 35.2 Å². The van der Waals surface area contributed by atoms with Crippen LogP contribution in [0.1, 0.15) is 41.0 Å². The average molecular weight is 306 g/mol. The van der Waals surface area contributed by atoms with E-state index in [2.05, 4.69) is 4.74 Å². The van der Waals surface area contributed by atoms with Gasteiger partial charge in [0.15, 0.2) is 0 Å². The molecule has 0 saturated carbocycles. The van der Waals surface area contributed by atoms with E-state index in [1.165, 1.54) is 13.8 Å². The number of esters is 1. The summed E-state index contributed by atoms with van der Waals surface area (Å²) in [4.78, 5) is 11.8.